The van der Waals surface area contributed by atoms with E-state index in [1.165, 1.54) is 11.1 Å². The first-order valence-electron chi connectivity index (χ1n) is 5.63. The highest BCUT2D eigenvalue weighted by Crippen LogP contribution is 2.39. The van der Waals surface area contributed by atoms with Crippen molar-refractivity contribution in [1.82, 2.24) is 0 Å². The van der Waals surface area contributed by atoms with Crippen molar-refractivity contribution < 1.29 is 10.2 Å². The largest absolute Gasteiger partial charge is 0.396 e. The van der Waals surface area contributed by atoms with Gasteiger partial charge in [0, 0.05) is 6.61 Å². The zero-order valence-corrected chi connectivity index (χ0v) is 8.95. The van der Waals surface area contributed by atoms with Crippen LogP contribution in [0.4, 0.5) is 0 Å². The molecule has 2 N–H and O–H groups in total. The number of hydrogen-bond donors (Lipinski definition) is 2. The van der Waals surface area contributed by atoms with E-state index in [0.717, 1.165) is 32.1 Å². The third-order valence-electron chi connectivity index (χ3n) is 3.13. The SMILES string of the molecule is OCCc1ccc(CCC2(O)CC2)cc1. The van der Waals surface area contributed by atoms with E-state index < -0.39 is 0 Å². The second-order valence-electron chi connectivity index (χ2n) is 4.51. The molecule has 1 fully saturated rings. The zero-order chi connectivity index (χ0) is 10.7. The Morgan fingerprint density at radius 1 is 1.00 bits per heavy atom. The van der Waals surface area contributed by atoms with Gasteiger partial charge in [-0.15, -0.1) is 0 Å². The standard InChI is InChI=1S/C13H18O2/c14-10-6-12-3-1-11(2-4-12)5-7-13(15)8-9-13/h1-4,14-15H,5-10H2. The molecule has 1 aliphatic rings. The van der Waals surface area contributed by atoms with Gasteiger partial charge in [-0.25, -0.2) is 0 Å². The van der Waals surface area contributed by atoms with E-state index in [-0.39, 0.29) is 12.2 Å². The molecule has 1 aromatic carbocycles. The monoisotopic (exact) mass is 206 g/mol. The molecule has 2 rings (SSSR count). The molecule has 82 valence electrons. The summed E-state index contributed by atoms with van der Waals surface area (Å²) in [7, 11) is 0. The van der Waals surface area contributed by atoms with Crippen LogP contribution in [0.3, 0.4) is 0 Å². The summed E-state index contributed by atoms with van der Waals surface area (Å²) in [5.41, 5.74) is 2.10. The number of rotatable bonds is 5. The van der Waals surface area contributed by atoms with Gasteiger partial charge in [-0.05, 0) is 43.2 Å². The van der Waals surface area contributed by atoms with Gasteiger partial charge in [0.15, 0.2) is 0 Å². The lowest BCUT2D eigenvalue weighted by molar-refractivity contribution is 0.140. The first-order chi connectivity index (χ1) is 7.22. The summed E-state index contributed by atoms with van der Waals surface area (Å²) in [6, 6.07) is 8.30. The van der Waals surface area contributed by atoms with E-state index in [0.29, 0.717) is 0 Å². The van der Waals surface area contributed by atoms with E-state index in [1.54, 1.807) is 0 Å². The molecule has 0 heterocycles. The fourth-order valence-corrected chi connectivity index (χ4v) is 1.77. The van der Waals surface area contributed by atoms with Gasteiger partial charge in [0.05, 0.1) is 5.60 Å². The van der Waals surface area contributed by atoms with Crippen molar-refractivity contribution in [1.29, 1.82) is 0 Å². The molecule has 0 amide bonds. The summed E-state index contributed by atoms with van der Waals surface area (Å²) >= 11 is 0. The highest BCUT2D eigenvalue weighted by atomic mass is 16.3. The van der Waals surface area contributed by atoms with Crippen molar-refractivity contribution in [3.8, 4) is 0 Å². The Labute approximate surface area is 90.6 Å². The number of aryl methyl sites for hydroxylation is 1. The van der Waals surface area contributed by atoms with E-state index in [4.69, 9.17) is 5.11 Å². The average Bonchev–Trinajstić information content (AvgIpc) is 2.97. The van der Waals surface area contributed by atoms with Gasteiger partial charge in [-0.2, -0.15) is 0 Å². The Morgan fingerprint density at radius 2 is 1.53 bits per heavy atom. The molecule has 15 heavy (non-hydrogen) atoms. The van der Waals surface area contributed by atoms with Crippen LogP contribution in [-0.2, 0) is 12.8 Å². The first kappa shape index (κ1) is 10.7. The number of benzene rings is 1. The highest BCUT2D eigenvalue weighted by Gasteiger charge is 2.39. The molecule has 0 aromatic heterocycles. The van der Waals surface area contributed by atoms with Crippen LogP contribution in [0.25, 0.3) is 0 Å². The van der Waals surface area contributed by atoms with Crippen LogP contribution < -0.4 is 0 Å². The molecule has 2 nitrogen and oxygen atoms in total. The lowest BCUT2D eigenvalue weighted by Crippen LogP contribution is -2.07. The molecule has 1 saturated carbocycles. The van der Waals surface area contributed by atoms with Crippen LogP contribution in [0.5, 0.6) is 0 Å². The van der Waals surface area contributed by atoms with E-state index in [2.05, 4.69) is 24.3 Å². The van der Waals surface area contributed by atoms with Crippen LogP contribution in [0.1, 0.15) is 30.4 Å². The van der Waals surface area contributed by atoms with E-state index >= 15 is 0 Å². The first-order valence-corrected chi connectivity index (χ1v) is 5.63. The number of hydrogen-bond acceptors (Lipinski definition) is 2. The molecule has 0 atom stereocenters. The van der Waals surface area contributed by atoms with Gasteiger partial charge < -0.3 is 10.2 Å². The van der Waals surface area contributed by atoms with Gasteiger partial charge in [0.1, 0.15) is 0 Å². The van der Waals surface area contributed by atoms with Gasteiger partial charge in [-0.1, -0.05) is 24.3 Å². The highest BCUT2D eigenvalue weighted by molar-refractivity contribution is 5.23. The normalized spacial score (nSPS) is 17.7. The van der Waals surface area contributed by atoms with Crippen LogP contribution >= 0.6 is 0 Å². The summed E-state index contributed by atoms with van der Waals surface area (Å²) < 4.78 is 0. The molecule has 0 saturated heterocycles. The number of aliphatic hydroxyl groups excluding tert-OH is 1. The minimum absolute atomic E-state index is 0.207. The van der Waals surface area contributed by atoms with E-state index in [9.17, 15) is 5.11 Å². The Kier molecular flexibility index (Phi) is 3.08. The predicted octanol–water partition coefficient (Wildman–Crippen LogP) is 1.68. The third-order valence-corrected chi connectivity index (χ3v) is 3.13. The maximum Gasteiger partial charge on any atom is 0.0653 e. The zero-order valence-electron chi connectivity index (χ0n) is 8.95. The molecule has 0 unspecified atom stereocenters. The van der Waals surface area contributed by atoms with Crippen LogP contribution in [0.15, 0.2) is 24.3 Å². The smallest absolute Gasteiger partial charge is 0.0653 e. The van der Waals surface area contributed by atoms with Gasteiger partial charge in [0.2, 0.25) is 0 Å². The van der Waals surface area contributed by atoms with Crippen molar-refractivity contribution in [3.05, 3.63) is 35.4 Å². The van der Waals surface area contributed by atoms with Crippen molar-refractivity contribution in [3.63, 3.8) is 0 Å². The van der Waals surface area contributed by atoms with Crippen molar-refractivity contribution in [2.45, 2.75) is 37.7 Å². The lowest BCUT2D eigenvalue weighted by atomic mass is 10.0. The summed E-state index contributed by atoms with van der Waals surface area (Å²) in [5.74, 6) is 0. The molecular weight excluding hydrogens is 188 g/mol. The van der Waals surface area contributed by atoms with Crippen LogP contribution in [0.2, 0.25) is 0 Å². The van der Waals surface area contributed by atoms with Crippen molar-refractivity contribution >= 4 is 0 Å². The Hall–Kier alpha value is -0.860. The molecule has 2 heteroatoms. The Balaban J connectivity index is 1.86. The molecule has 0 radical (unpaired) electrons. The van der Waals surface area contributed by atoms with E-state index in [1.807, 2.05) is 0 Å². The predicted molar refractivity (Wildman–Crippen MR) is 59.7 cm³/mol. The molecular formula is C13H18O2. The molecule has 0 aliphatic heterocycles. The maximum atomic E-state index is 9.70. The maximum absolute atomic E-state index is 9.70. The summed E-state index contributed by atoms with van der Waals surface area (Å²) in [4.78, 5) is 0. The van der Waals surface area contributed by atoms with Gasteiger partial charge >= 0.3 is 0 Å². The van der Waals surface area contributed by atoms with Crippen LogP contribution in [0, 0.1) is 0 Å². The fourth-order valence-electron chi connectivity index (χ4n) is 1.77. The molecule has 0 bridgehead atoms. The lowest BCUT2D eigenvalue weighted by Gasteiger charge is -2.07. The summed E-state index contributed by atoms with van der Waals surface area (Å²) in [6.07, 6.45) is 4.50. The quantitative estimate of drug-likeness (QED) is 0.769. The summed E-state index contributed by atoms with van der Waals surface area (Å²) in [5, 5.41) is 18.5. The third kappa shape index (κ3) is 3.05. The second kappa shape index (κ2) is 4.33. The average molecular weight is 206 g/mol. The fraction of sp³-hybridized carbons (Fsp3) is 0.538. The van der Waals surface area contributed by atoms with Crippen LogP contribution in [-0.4, -0.2) is 22.4 Å². The van der Waals surface area contributed by atoms with Crippen molar-refractivity contribution in [2.24, 2.45) is 0 Å². The molecule has 1 aromatic rings. The molecule has 0 spiro atoms. The Bertz CT molecular complexity index is 312. The second-order valence-corrected chi connectivity index (χ2v) is 4.51. The minimum Gasteiger partial charge on any atom is -0.396 e. The Morgan fingerprint density at radius 3 is 2.00 bits per heavy atom. The minimum atomic E-state index is -0.343. The topological polar surface area (TPSA) is 40.5 Å². The van der Waals surface area contributed by atoms with Gasteiger partial charge in [0.25, 0.3) is 0 Å². The van der Waals surface area contributed by atoms with Crippen molar-refractivity contribution in [2.75, 3.05) is 6.61 Å². The van der Waals surface area contributed by atoms with Gasteiger partial charge in [-0.3, -0.25) is 0 Å². The number of aliphatic hydroxyl groups is 2. The molecule has 1 aliphatic carbocycles. The summed E-state index contributed by atoms with van der Waals surface area (Å²) in [6.45, 7) is 0.207.